The van der Waals surface area contributed by atoms with E-state index in [4.69, 9.17) is 11.6 Å². The standard InChI is InChI=1S/C16H10ClF3N4O2/c17-12-4-3-9(6-11(12)16(18,19)20)23-13(25)7-24-8-22-14-10(15(24)26)2-1-5-21-14/h1-6,8H,7H2,(H,23,25). The molecule has 1 N–H and O–H groups in total. The Morgan fingerprint density at radius 1 is 1.23 bits per heavy atom. The SMILES string of the molecule is O=C(Cn1cnc2ncccc2c1=O)Nc1ccc(Cl)c(C(F)(F)F)c1. The molecule has 0 aliphatic rings. The first kappa shape index (κ1) is 17.9. The summed E-state index contributed by atoms with van der Waals surface area (Å²) in [5, 5.41) is 2.06. The summed E-state index contributed by atoms with van der Waals surface area (Å²) >= 11 is 5.53. The number of anilines is 1. The van der Waals surface area contributed by atoms with Crippen molar-refractivity contribution in [3.05, 3.63) is 63.8 Å². The highest BCUT2D eigenvalue weighted by atomic mass is 35.5. The first-order chi connectivity index (χ1) is 12.3. The summed E-state index contributed by atoms with van der Waals surface area (Å²) in [6.07, 6.45) is -2.02. The molecule has 2 heterocycles. The number of aromatic nitrogens is 3. The van der Waals surface area contributed by atoms with Crippen LogP contribution in [0.15, 0.2) is 47.7 Å². The third-order valence-corrected chi connectivity index (χ3v) is 3.80. The number of nitrogens with zero attached hydrogens (tertiary/aromatic N) is 3. The molecule has 2 aromatic heterocycles. The summed E-state index contributed by atoms with van der Waals surface area (Å²) in [6, 6.07) is 6.07. The van der Waals surface area contributed by atoms with Crippen LogP contribution in [0.5, 0.6) is 0 Å². The van der Waals surface area contributed by atoms with E-state index in [1.54, 1.807) is 6.07 Å². The third-order valence-electron chi connectivity index (χ3n) is 3.47. The number of nitrogens with one attached hydrogen (secondary N) is 1. The average molecular weight is 383 g/mol. The molecule has 26 heavy (non-hydrogen) atoms. The van der Waals surface area contributed by atoms with Crippen LogP contribution >= 0.6 is 11.6 Å². The highest BCUT2D eigenvalue weighted by Crippen LogP contribution is 2.36. The van der Waals surface area contributed by atoms with E-state index < -0.39 is 34.8 Å². The number of rotatable bonds is 3. The number of benzene rings is 1. The van der Waals surface area contributed by atoms with Crippen LogP contribution < -0.4 is 10.9 Å². The number of pyridine rings is 1. The molecule has 0 unspecified atom stereocenters. The normalized spacial score (nSPS) is 11.5. The minimum absolute atomic E-state index is 0.0878. The van der Waals surface area contributed by atoms with Crippen molar-refractivity contribution < 1.29 is 18.0 Å². The van der Waals surface area contributed by atoms with Crippen molar-refractivity contribution in [2.45, 2.75) is 12.7 Å². The van der Waals surface area contributed by atoms with E-state index in [0.717, 1.165) is 23.0 Å². The Morgan fingerprint density at radius 2 is 2.00 bits per heavy atom. The molecule has 0 spiro atoms. The van der Waals surface area contributed by atoms with Crippen molar-refractivity contribution in [3.8, 4) is 0 Å². The molecular formula is C16H10ClF3N4O2. The van der Waals surface area contributed by atoms with Gasteiger partial charge in [-0.25, -0.2) is 9.97 Å². The molecule has 0 aliphatic heterocycles. The Kier molecular flexibility index (Phi) is 4.64. The lowest BCUT2D eigenvalue weighted by molar-refractivity contribution is -0.137. The lowest BCUT2D eigenvalue weighted by Crippen LogP contribution is -2.28. The molecule has 0 bridgehead atoms. The van der Waals surface area contributed by atoms with Crippen molar-refractivity contribution in [1.29, 1.82) is 0 Å². The maximum absolute atomic E-state index is 12.9. The Balaban J connectivity index is 1.82. The van der Waals surface area contributed by atoms with Crippen LogP contribution in [0.1, 0.15) is 5.56 Å². The van der Waals surface area contributed by atoms with Crippen LogP contribution in [0.4, 0.5) is 18.9 Å². The van der Waals surface area contributed by atoms with Crippen LogP contribution in [0.25, 0.3) is 11.0 Å². The summed E-state index contributed by atoms with van der Waals surface area (Å²) in [5.41, 5.74) is -1.39. The molecule has 0 aliphatic carbocycles. The minimum Gasteiger partial charge on any atom is -0.325 e. The molecule has 3 aromatic rings. The maximum atomic E-state index is 12.9. The topological polar surface area (TPSA) is 76.9 Å². The Bertz CT molecular complexity index is 1050. The van der Waals surface area contributed by atoms with E-state index in [1.807, 2.05) is 0 Å². The van der Waals surface area contributed by atoms with Crippen molar-refractivity contribution in [2.75, 3.05) is 5.32 Å². The second kappa shape index (κ2) is 6.75. The lowest BCUT2D eigenvalue weighted by Gasteiger charge is -2.12. The summed E-state index contributed by atoms with van der Waals surface area (Å²) in [7, 11) is 0. The van der Waals surface area contributed by atoms with Crippen molar-refractivity contribution in [3.63, 3.8) is 0 Å². The van der Waals surface area contributed by atoms with Gasteiger partial charge in [-0.1, -0.05) is 11.6 Å². The maximum Gasteiger partial charge on any atom is 0.417 e. The lowest BCUT2D eigenvalue weighted by atomic mass is 10.2. The summed E-state index contributed by atoms with van der Waals surface area (Å²) < 4.78 is 39.6. The van der Waals surface area contributed by atoms with Gasteiger partial charge in [0.2, 0.25) is 5.91 Å². The number of halogens is 4. The van der Waals surface area contributed by atoms with Gasteiger partial charge in [-0.2, -0.15) is 13.2 Å². The van der Waals surface area contributed by atoms with Crippen LogP contribution in [0.3, 0.4) is 0 Å². The molecule has 1 aromatic carbocycles. The Hall–Kier alpha value is -2.94. The van der Waals surface area contributed by atoms with Gasteiger partial charge in [-0.05, 0) is 30.3 Å². The highest BCUT2D eigenvalue weighted by molar-refractivity contribution is 6.31. The quantitative estimate of drug-likeness (QED) is 0.755. The van der Waals surface area contributed by atoms with Crippen LogP contribution in [-0.4, -0.2) is 20.4 Å². The predicted molar refractivity (Wildman–Crippen MR) is 88.9 cm³/mol. The number of carbonyl (C=O) groups is 1. The largest absolute Gasteiger partial charge is 0.417 e. The van der Waals surface area contributed by atoms with Gasteiger partial charge in [-0.15, -0.1) is 0 Å². The number of alkyl halides is 3. The molecule has 1 amide bonds. The van der Waals surface area contributed by atoms with Crippen LogP contribution in [-0.2, 0) is 17.5 Å². The molecule has 6 nitrogen and oxygen atoms in total. The highest BCUT2D eigenvalue weighted by Gasteiger charge is 2.33. The van der Waals surface area contributed by atoms with Crippen LogP contribution in [0.2, 0.25) is 5.02 Å². The van der Waals surface area contributed by atoms with E-state index in [9.17, 15) is 22.8 Å². The van der Waals surface area contributed by atoms with Gasteiger partial charge in [0, 0.05) is 11.9 Å². The fourth-order valence-corrected chi connectivity index (χ4v) is 2.51. The van der Waals surface area contributed by atoms with Gasteiger partial charge in [0.15, 0.2) is 5.65 Å². The molecule has 0 saturated carbocycles. The summed E-state index contributed by atoms with van der Waals surface area (Å²) in [4.78, 5) is 32.3. The second-order valence-electron chi connectivity index (χ2n) is 5.29. The predicted octanol–water partition coefficient (Wildman–Crippen LogP) is 3.10. The Morgan fingerprint density at radius 3 is 2.73 bits per heavy atom. The van der Waals surface area contributed by atoms with Gasteiger partial charge >= 0.3 is 6.18 Å². The molecular weight excluding hydrogens is 373 g/mol. The van der Waals surface area contributed by atoms with Crippen molar-refractivity contribution >= 4 is 34.2 Å². The van der Waals surface area contributed by atoms with E-state index in [0.29, 0.717) is 0 Å². The fourth-order valence-electron chi connectivity index (χ4n) is 2.29. The summed E-state index contributed by atoms with van der Waals surface area (Å²) in [6.45, 7) is -0.416. The van der Waals surface area contributed by atoms with Gasteiger partial charge in [0.05, 0.1) is 16.0 Å². The number of hydrogen-bond acceptors (Lipinski definition) is 4. The van der Waals surface area contributed by atoms with Crippen LogP contribution in [0, 0.1) is 0 Å². The van der Waals surface area contributed by atoms with E-state index in [1.165, 1.54) is 18.3 Å². The molecule has 0 fully saturated rings. The van der Waals surface area contributed by atoms with E-state index in [2.05, 4.69) is 15.3 Å². The van der Waals surface area contributed by atoms with E-state index >= 15 is 0 Å². The molecule has 3 rings (SSSR count). The van der Waals surface area contributed by atoms with Gasteiger partial charge in [-0.3, -0.25) is 14.2 Å². The van der Waals surface area contributed by atoms with Crippen molar-refractivity contribution in [2.24, 2.45) is 0 Å². The zero-order chi connectivity index (χ0) is 18.9. The number of fused-ring (bicyclic) bond motifs is 1. The first-order valence-electron chi connectivity index (χ1n) is 7.22. The summed E-state index contributed by atoms with van der Waals surface area (Å²) in [5.74, 6) is -0.687. The third kappa shape index (κ3) is 3.67. The number of amides is 1. The van der Waals surface area contributed by atoms with E-state index in [-0.39, 0.29) is 16.7 Å². The van der Waals surface area contributed by atoms with Gasteiger partial charge < -0.3 is 5.32 Å². The molecule has 0 saturated heterocycles. The smallest absolute Gasteiger partial charge is 0.325 e. The number of carbonyl (C=O) groups excluding carboxylic acids is 1. The monoisotopic (exact) mass is 382 g/mol. The zero-order valence-corrected chi connectivity index (χ0v) is 13.7. The minimum atomic E-state index is -4.65. The van der Waals surface area contributed by atoms with Gasteiger partial charge in [0.25, 0.3) is 5.56 Å². The average Bonchev–Trinajstić information content (AvgIpc) is 2.58. The first-order valence-corrected chi connectivity index (χ1v) is 7.60. The fraction of sp³-hybridized carbons (Fsp3) is 0.125. The Labute approximate surface area is 149 Å². The second-order valence-corrected chi connectivity index (χ2v) is 5.70. The van der Waals surface area contributed by atoms with Gasteiger partial charge in [0.1, 0.15) is 12.9 Å². The molecule has 0 atom stereocenters. The molecule has 10 heteroatoms. The zero-order valence-electron chi connectivity index (χ0n) is 12.9. The van der Waals surface area contributed by atoms with Crippen molar-refractivity contribution in [1.82, 2.24) is 14.5 Å². The molecule has 134 valence electrons. The molecule has 0 radical (unpaired) electrons. The number of hydrogen-bond donors (Lipinski definition) is 1.